The Morgan fingerprint density at radius 2 is 1.35 bits per heavy atom. The highest BCUT2D eigenvalue weighted by atomic mass is 19.3. The summed E-state index contributed by atoms with van der Waals surface area (Å²) in [4.78, 5) is 0. The summed E-state index contributed by atoms with van der Waals surface area (Å²) in [6.45, 7) is 0.464. The molecule has 10 heteroatoms. The first-order valence-corrected chi connectivity index (χ1v) is 11.8. The van der Waals surface area contributed by atoms with E-state index in [1.165, 1.54) is 36.4 Å². The number of alkyl halides is 2. The van der Waals surface area contributed by atoms with E-state index in [0.29, 0.717) is 24.9 Å². The first-order chi connectivity index (χ1) is 17.7. The summed E-state index contributed by atoms with van der Waals surface area (Å²) in [5, 5.41) is 0. The van der Waals surface area contributed by atoms with Crippen LogP contribution in [0.4, 0.5) is 26.3 Å². The van der Waals surface area contributed by atoms with Crippen LogP contribution in [0.5, 0.6) is 0 Å². The molecule has 2 fully saturated rings. The number of hydrogen-bond acceptors (Lipinski definition) is 3. The molecule has 2 aliphatic heterocycles. The van der Waals surface area contributed by atoms with Gasteiger partial charge in [-0.05, 0) is 36.0 Å². The van der Waals surface area contributed by atoms with Crippen molar-refractivity contribution in [3.8, 4) is 22.3 Å². The Bertz CT molecular complexity index is 1290. The number of ether oxygens (including phenoxy) is 3. The second-order valence-corrected chi connectivity index (χ2v) is 9.09. The van der Waals surface area contributed by atoms with Crippen LogP contribution in [0.15, 0.2) is 48.5 Å². The van der Waals surface area contributed by atoms with Gasteiger partial charge in [0.25, 0.3) is 0 Å². The number of halogens is 6. The van der Waals surface area contributed by atoms with Gasteiger partial charge < -0.3 is 9.47 Å². The van der Waals surface area contributed by atoms with Crippen LogP contribution >= 0.6 is 0 Å². The van der Waals surface area contributed by atoms with Crippen molar-refractivity contribution in [1.82, 2.24) is 0 Å². The molecule has 3 unspecified atom stereocenters. The molecule has 0 aromatic heterocycles. The van der Waals surface area contributed by atoms with Gasteiger partial charge in [-0.25, -0.2) is 17.6 Å². The summed E-state index contributed by atoms with van der Waals surface area (Å²) < 4.78 is 103. The largest absolute Gasteiger partial charge is 0.388 e. The van der Waals surface area contributed by atoms with Crippen LogP contribution in [0, 0.1) is 29.2 Å². The maximum Gasteiger partial charge on any atom is 0.388 e. The molecule has 37 heavy (non-hydrogen) atoms. The van der Waals surface area contributed by atoms with Crippen molar-refractivity contribution in [3.63, 3.8) is 0 Å². The van der Waals surface area contributed by atoms with E-state index >= 15 is 0 Å². The molecular weight excluding hydrogens is 497 g/mol. The van der Waals surface area contributed by atoms with Crippen molar-refractivity contribution in [2.75, 3.05) is 13.2 Å². The van der Waals surface area contributed by atoms with Crippen LogP contribution in [-0.4, -0.2) is 27.4 Å². The maximum atomic E-state index is 14.9. The molecule has 0 saturated carbocycles. The molecule has 2 radical (unpaired) electrons. The molecule has 192 valence electrons. The normalized spacial score (nSPS) is 21.7. The van der Waals surface area contributed by atoms with Gasteiger partial charge in [-0.2, -0.15) is 8.78 Å². The Balaban J connectivity index is 1.36. The highest BCUT2D eigenvalue weighted by Crippen LogP contribution is 2.39. The molecule has 0 aliphatic carbocycles. The van der Waals surface area contributed by atoms with E-state index in [2.05, 4.69) is 4.74 Å². The van der Waals surface area contributed by atoms with E-state index in [0.717, 1.165) is 12.1 Å². The van der Waals surface area contributed by atoms with Crippen molar-refractivity contribution in [3.05, 3.63) is 82.9 Å². The number of benzene rings is 3. The van der Waals surface area contributed by atoms with Gasteiger partial charge in [0.15, 0.2) is 29.6 Å². The lowest BCUT2D eigenvalue weighted by Gasteiger charge is -2.31. The fourth-order valence-electron chi connectivity index (χ4n) is 4.38. The van der Waals surface area contributed by atoms with Crippen molar-refractivity contribution >= 4 is 7.85 Å². The van der Waals surface area contributed by atoms with Crippen LogP contribution in [0.3, 0.4) is 0 Å². The van der Waals surface area contributed by atoms with Gasteiger partial charge in [-0.3, -0.25) is 4.74 Å². The van der Waals surface area contributed by atoms with Gasteiger partial charge >= 0.3 is 6.11 Å². The van der Waals surface area contributed by atoms with Crippen molar-refractivity contribution in [1.29, 1.82) is 0 Å². The van der Waals surface area contributed by atoms with E-state index in [-0.39, 0.29) is 41.2 Å². The standard InChI is InChI=1S/C27H21BF6O3/c28-11-14-1-10-22(36-12-14)37-27(33,34)20-9-8-18(24(30)26(20)32)16-4-2-15(3-5-16)17-6-7-19(21-13-35-21)25(31)23(17)29/h2-9,14,21-22H,1,10-13H2. The average Bonchev–Trinajstić information content (AvgIpc) is 3.73. The molecule has 3 atom stereocenters. The van der Waals surface area contributed by atoms with E-state index in [9.17, 15) is 26.3 Å². The van der Waals surface area contributed by atoms with Crippen molar-refractivity contribution < 1.29 is 40.6 Å². The van der Waals surface area contributed by atoms with Gasteiger partial charge in [0, 0.05) is 16.7 Å². The minimum absolute atomic E-state index is 0.0186. The molecule has 3 aromatic carbocycles. The van der Waals surface area contributed by atoms with Crippen molar-refractivity contribution in [2.45, 2.75) is 37.7 Å². The van der Waals surface area contributed by atoms with Crippen LogP contribution in [0.1, 0.15) is 30.1 Å². The van der Waals surface area contributed by atoms with E-state index < -0.39 is 47.3 Å². The van der Waals surface area contributed by atoms with Gasteiger partial charge in [0.1, 0.15) is 6.10 Å². The van der Waals surface area contributed by atoms with Gasteiger partial charge in [0.2, 0.25) is 0 Å². The van der Waals surface area contributed by atoms with Crippen LogP contribution < -0.4 is 0 Å². The van der Waals surface area contributed by atoms with Crippen LogP contribution in [0.2, 0.25) is 6.32 Å². The zero-order valence-electron chi connectivity index (χ0n) is 19.5. The summed E-state index contributed by atoms with van der Waals surface area (Å²) in [7, 11) is 5.54. The lowest BCUT2D eigenvalue weighted by atomic mass is 9.87. The Hall–Kier alpha value is -2.82. The van der Waals surface area contributed by atoms with Crippen LogP contribution in [-0.2, 0) is 20.3 Å². The lowest BCUT2D eigenvalue weighted by Crippen LogP contribution is -2.34. The predicted molar refractivity (Wildman–Crippen MR) is 124 cm³/mol. The molecule has 2 aliphatic rings. The highest BCUT2D eigenvalue weighted by Gasteiger charge is 2.41. The smallest absolute Gasteiger partial charge is 0.368 e. The zero-order chi connectivity index (χ0) is 26.3. The third kappa shape index (κ3) is 5.15. The molecule has 3 aromatic rings. The fraction of sp³-hybridized carbons (Fsp3) is 0.333. The van der Waals surface area contributed by atoms with E-state index in [1.807, 2.05) is 0 Å². The summed E-state index contributed by atoms with van der Waals surface area (Å²) in [5.41, 5.74) is -0.974. The third-order valence-corrected chi connectivity index (χ3v) is 6.64. The first kappa shape index (κ1) is 25.8. The maximum absolute atomic E-state index is 14.9. The van der Waals surface area contributed by atoms with Crippen molar-refractivity contribution in [2.24, 2.45) is 5.92 Å². The molecule has 0 spiro atoms. The van der Waals surface area contributed by atoms with E-state index in [1.54, 1.807) is 0 Å². The summed E-state index contributed by atoms with van der Waals surface area (Å²) >= 11 is 0. The van der Waals surface area contributed by atoms with E-state index in [4.69, 9.17) is 17.3 Å². The summed E-state index contributed by atoms with van der Waals surface area (Å²) in [6, 6.07) is 10.1. The number of hydrogen-bond donors (Lipinski definition) is 0. The topological polar surface area (TPSA) is 31.0 Å². The SMILES string of the molecule is [B]CC1CCC(OC(F)(F)c2ccc(-c3ccc(-c4ccc(C5CO5)c(F)c4F)cc3)c(F)c2F)OC1. The number of rotatable bonds is 7. The van der Waals surface area contributed by atoms with Gasteiger partial charge in [0.05, 0.1) is 26.6 Å². The average molecular weight is 518 g/mol. The Kier molecular flexibility index (Phi) is 7.09. The summed E-state index contributed by atoms with van der Waals surface area (Å²) in [6.07, 6.45) is -4.86. The molecule has 2 saturated heterocycles. The van der Waals surface area contributed by atoms with Crippen LogP contribution in [0.25, 0.3) is 22.3 Å². The molecule has 3 nitrogen and oxygen atoms in total. The predicted octanol–water partition coefficient (Wildman–Crippen LogP) is 7.05. The first-order valence-electron chi connectivity index (χ1n) is 11.8. The second-order valence-electron chi connectivity index (χ2n) is 9.09. The van der Waals surface area contributed by atoms with Gasteiger partial charge in [-0.1, -0.05) is 48.8 Å². The Morgan fingerprint density at radius 3 is 1.89 bits per heavy atom. The minimum Gasteiger partial charge on any atom is -0.368 e. The highest BCUT2D eigenvalue weighted by molar-refractivity contribution is 6.08. The molecule has 0 N–H and O–H groups in total. The Morgan fingerprint density at radius 1 is 0.757 bits per heavy atom. The molecule has 5 rings (SSSR count). The Labute approximate surface area is 210 Å². The molecule has 2 heterocycles. The second kappa shape index (κ2) is 10.2. The quantitative estimate of drug-likeness (QED) is 0.191. The molecular formula is C27H21BF6O3. The van der Waals surface area contributed by atoms with Gasteiger partial charge in [-0.15, -0.1) is 0 Å². The number of epoxide rings is 1. The fourth-order valence-corrected chi connectivity index (χ4v) is 4.38. The molecule has 0 bridgehead atoms. The third-order valence-electron chi connectivity index (χ3n) is 6.64. The lowest BCUT2D eigenvalue weighted by molar-refractivity contribution is -0.335. The molecule has 0 amide bonds. The summed E-state index contributed by atoms with van der Waals surface area (Å²) in [5.74, 6) is -5.28. The zero-order valence-corrected chi connectivity index (χ0v) is 19.5. The monoisotopic (exact) mass is 518 g/mol. The minimum atomic E-state index is -4.13.